The van der Waals surface area contributed by atoms with Gasteiger partial charge in [-0.05, 0) is 22.3 Å². The molecule has 1 heterocycles. The summed E-state index contributed by atoms with van der Waals surface area (Å²) < 4.78 is 5.50. The highest BCUT2D eigenvalue weighted by atomic mass is 16.6. The van der Waals surface area contributed by atoms with Crippen molar-refractivity contribution in [3.8, 4) is 11.1 Å². The maximum atomic E-state index is 12.3. The van der Waals surface area contributed by atoms with Crippen molar-refractivity contribution in [2.24, 2.45) is 5.92 Å². The monoisotopic (exact) mass is 337 g/mol. The van der Waals surface area contributed by atoms with Crippen LogP contribution in [0, 0.1) is 5.92 Å². The van der Waals surface area contributed by atoms with Crippen LogP contribution in [-0.2, 0) is 9.53 Å². The lowest BCUT2D eigenvalue weighted by molar-refractivity contribution is -0.150. The second-order valence-electron chi connectivity index (χ2n) is 6.72. The molecule has 25 heavy (non-hydrogen) atoms. The summed E-state index contributed by atoms with van der Waals surface area (Å²) in [6.45, 7) is 2.46. The van der Waals surface area contributed by atoms with Gasteiger partial charge in [-0.1, -0.05) is 55.5 Å². The van der Waals surface area contributed by atoms with Gasteiger partial charge in [-0.25, -0.2) is 9.59 Å². The van der Waals surface area contributed by atoms with Crippen molar-refractivity contribution < 1.29 is 19.4 Å². The summed E-state index contributed by atoms with van der Waals surface area (Å²) in [6, 6.07) is 15.5. The number of aliphatic carboxylic acids is 1. The summed E-state index contributed by atoms with van der Waals surface area (Å²) in [5.74, 6) is -1.04. The fourth-order valence-electron chi connectivity index (χ4n) is 3.93. The summed E-state index contributed by atoms with van der Waals surface area (Å²) in [5, 5.41) is 9.21. The summed E-state index contributed by atoms with van der Waals surface area (Å²) >= 11 is 0. The second kappa shape index (κ2) is 5.92. The molecule has 0 aromatic heterocycles. The lowest BCUT2D eigenvalue weighted by atomic mass is 9.91. The third-order valence-corrected chi connectivity index (χ3v) is 5.18. The summed E-state index contributed by atoms with van der Waals surface area (Å²) in [4.78, 5) is 24.8. The normalized spacial score (nSPS) is 21.2. The van der Waals surface area contributed by atoms with Crippen LogP contribution in [0.1, 0.15) is 24.0 Å². The van der Waals surface area contributed by atoms with Crippen LogP contribution in [0.4, 0.5) is 4.79 Å². The van der Waals surface area contributed by atoms with E-state index in [4.69, 9.17) is 4.74 Å². The molecule has 128 valence electrons. The predicted molar refractivity (Wildman–Crippen MR) is 92.4 cm³/mol. The minimum Gasteiger partial charge on any atom is -0.480 e. The molecule has 0 spiro atoms. The van der Waals surface area contributed by atoms with E-state index in [9.17, 15) is 14.7 Å². The minimum atomic E-state index is -0.979. The van der Waals surface area contributed by atoms with Crippen LogP contribution < -0.4 is 0 Å². The SMILES string of the molecule is C[C@H]1CN(C(=O)OCC2c3ccccc3-c3ccccc32)C1C(=O)O. The molecular weight excluding hydrogens is 318 g/mol. The molecule has 2 aromatic rings. The smallest absolute Gasteiger partial charge is 0.410 e. The van der Waals surface area contributed by atoms with Crippen LogP contribution in [0.25, 0.3) is 11.1 Å². The van der Waals surface area contributed by atoms with Crippen molar-refractivity contribution in [2.75, 3.05) is 13.2 Å². The van der Waals surface area contributed by atoms with Gasteiger partial charge in [0.2, 0.25) is 0 Å². The summed E-state index contributed by atoms with van der Waals surface area (Å²) in [5.41, 5.74) is 4.62. The topological polar surface area (TPSA) is 66.8 Å². The van der Waals surface area contributed by atoms with Crippen LogP contribution in [0.15, 0.2) is 48.5 Å². The van der Waals surface area contributed by atoms with E-state index in [1.807, 2.05) is 31.2 Å². The van der Waals surface area contributed by atoms with Gasteiger partial charge in [0.1, 0.15) is 12.6 Å². The average molecular weight is 337 g/mol. The number of likely N-dealkylation sites (tertiary alicyclic amines) is 1. The van der Waals surface area contributed by atoms with Gasteiger partial charge in [0.05, 0.1) is 0 Å². The molecule has 2 aliphatic rings. The first-order valence-corrected chi connectivity index (χ1v) is 8.42. The largest absolute Gasteiger partial charge is 0.480 e. The molecule has 4 rings (SSSR count). The Labute approximate surface area is 145 Å². The first kappa shape index (κ1) is 15.7. The van der Waals surface area contributed by atoms with Crippen molar-refractivity contribution in [3.05, 3.63) is 59.7 Å². The van der Waals surface area contributed by atoms with Gasteiger partial charge in [-0.3, -0.25) is 4.90 Å². The fraction of sp³-hybridized carbons (Fsp3) is 0.300. The Bertz CT molecular complexity index is 802. The molecule has 1 aliphatic heterocycles. The van der Waals surface area contributed by atoms with Crippen molar-refractivity contribution in [1.29, 1.82) is 0 Å². The first-order chi connectivity index (χ1) is 12.1. The number of carboxylic acid groups (broad SMARTS) is 1. The molecule has 5 nitrogen and oxygen atoms in total. The maximum Gasteiger partial charge on any atom is 0.410 e. The van der Waals surface area contributed by atoms with Gasteiger partial charge in [0, 0.05) is 18.4 Å². The van der Waals surface area contributed by atoms with Gasteiger partial charge < -0.3 is 9.84 Å². The van der Waals surface area contributed by atoms with E-state index in [1.165, 1.54) is 16.0 Å². The summed E-state index contributed by atoms with van der Waals surface area (Å²) in [6.07, 6.45) is -0.549. The fourth-order valence-corrected chi connectivity index (χ4v) is 3.93. The molecule has 1 unspecified atom stereocenters. The van der Waals surface area contributed by atoms with E-state index < -0.39 is 18.1 Å². The molecule has 1 N–H and O–H groups in total. The Balaban J connectivity index is 1.52. The molecule has 2 aromatic carbocycles. The number of hydrogen-bond donors (Lipinski definition) is 1. The average Bonchev–Trinajstić information content (AvgIpc) is 2.91. The number of carbonyl (C=O) groups is 2. The molecule has 0 saturated carbocycles. The second-order valence-corrected chi connectivity index (χ2v) is 6.72. The minimum absolute atomic E-state index is 0.0154. The van der Waals surface area contributed by atoms with E-state index in [2.05, 4.69) is 24.3 Å². The standard InChI is InChI=1S/C20H19NO4/c1-12-10-21(18(12)19(22)23)20(24)25-11-17-15-8-4-2-6-13(15)14-7-3-5-9-16(14)17/h2-9,12,17-18H,10-11H2,1H3,(H,22,23)/t12-,18?/m0/s1. The number of ether oxygens (including phenoxy) is 1. The zero-order chi connectivity index (χ0) is 17.6. The molecule has 0 bridgehead atoms. The molecule has 1 amide bonds. The molecule has 5 heteroatoms. The van der Waals surface area contributed by atoms with Gasteiger partial charge in [-0.15, -0.1) is 0 Å². The number of benzene rings is 2. The third-order valence-electron chi connectivity index (χ3n) is 5.18. The van der Waals surface area contributed by atoms with Gasteiger partial charge in [0.15, 0.2) is 0 Å². The Morgan fingerprint density at radius 1 is 1.08 bits per heavy atom. The molecule has 1 saturated heterocycles. The first-order valence-electron chi connectivity index (χ1n) is 8.42. The van der Waals surface area contributed by atoms with Crippen LogP contribution in [0.5, 0.6) is 0 Å². The molecular formula is C20H19NO4. The number of fused-ring (bicyclic) bond motifs is 3. The number of rotatable bonds is 3. The van der Waals surface area contributed by atoms with Crippen molar-refractivity contribution in [1.82, 2.24) is 4.90 Å². The van der Waals surface area contributed by atoms with Crippen molar-refractivity contribution in [2.45, 2.75) is 18.9 Å². The van der Waals surface area contributed by atoms with Gasteiger partial charge in [-0.2, -0.15) is 0 Å². The lowest BCUT2D eigenvalue weighted by Crippen LogP contribution is -2.61. The Morgan fingerprint density at radius 3 is 2.16 bits per heavy atom. The molecule has 2 atom stereocenters. The van der Waals surface area contributed by atoms with E-state index in [1.54, 1.807) is 0 Å². The highest BCUT2D eigenvalue weighted by Gasteiger charge is 2.45. The van der Waals surface area contributed by atoms with Gasteiger partial charge >= 0.3 is 12.1 Å². The van der Waals surface area contributed by atoms with Crippen molar-refractivity contribution >= 4 is 12.1 Å². The molecule has 0 radical (unpaired) electrons. The molecule has 1 fully saturated rings. The number of amides is 1. The number of nitrogens with zero attached hydrogens (tertiary/aromatic N) is 1. The highest BCUT2D eigenvalue weighted by Crippen LogP contribution is 2.44. The lowest BCUT2D eigenvalue weighted by Gasteiger charge is -2.42. The molecule has 1 aliphatic carbocycles. The third kappa shape index (κ3) is 2.47. The summed E-state index contributed by atoms with van der Waals surface area (Å²) in [7, 11) is 0. The van der Waals surface area contributed by atoms with Crippen LogP contribution in [0.2, 0.25) is 0 Å². The number of carbonyl (C=O) groups excluding carboxylic acids is 1. The van der Waals surface area contributed by atoms with E-state index >= 15 is 0 Å². The predicted octanol–water partition coefficient (Wildman–Crippen LogP) is 3.34. The Hall–Kier alpha value is -2.82. The van der Waals surface area contributed by atoms with Crippen molar-refractivity contribution in [3.63, 3.8) is 0 Å². The van der Waals surface area contributed by atoms with E-state index in [0.29, 0.717) is 6.54 Å². The zero-order valence-corrected chi connectivity index (χ0v) is 13.9. The van der Waals surface area contributed by atoms with E-state index in [-0.39, 0.29) is 18.4 Å². The van der Waals surface area contributed by atoms with Crippen LogP contribution in [-0.4, -0.2) is 41.3 Å². The maximum absolute atomic E-state index is 12.3. The van der Waals surface area contributed by atoms with Crippen LogP contribution >= 0.6 is 0 Å². The Morgan fingerprint density at radius 2 is 1.64 bits per heavy atom. The highest BCUT2D eigenvalue weighted by molar-refractivity contribution is 5.83. The quantitative estimate of drug-likeness (QED) is 0.933. The Kier molecular flexibility index (Phi) is 3.71. The number of carboxylic acids is 1. The number of hydrogen-bond acceptors (Lipinski definition) is 3. The van der Waals surface area contributed by atoms with E-state index in [0.717, 1.165) is 11.1 Å². The van der Waals surface area contributed by atoms with Gasteiger partial charge in [0.25, 0.3) is 0 Å². The van der Waals surface area contributed by atoms with Crippen LogP contribution in [0.3, 0.4) is 0 Å². The zero-order valence-electron chi connectivity index (χ0n) is 13.9.